The summed E-state index contributed by atoms with van der Waals surface area (Å²) in [5.74, 6) is -1.48. The zero-order valence-corrected chi connectivity index (χ0v) is 15.2. The molecule has 3 rings (SSSR count). The van der Waals surface area contributed by atoms with Gasteiger partial charge in [-0.3, -0.25) is 4.79 Å². The first kappa shape index (κ1) is 18.7. The maximum Gasteiger partial charge on any atom is 0.274 e. The number of aryl methyl sites for hydroxylation is 2. The highest BCUT2D eigenvalue weighted by molar-refractivity contribution is 6.30. The highest BCUT2D eigenvalue weighted by Crippen LogP contribution is 2.23. The van der Waals surface area contributed by atoms with Gasteiger partial charge in [0.05, 0.1) is 5.69 Å². The molecular weight excluding hydrogens is 374 g/mol. The average Bonchev–Trinajstić information content (AvgIpc) is 2.59. The Kier molecular flexibility index (Phi) is 5.32. The molecule has 0 saturated heterocycles. The van der Waals surface area contributed by atoms with Gasteiger partial charge in [0.15, 0.2) is 0 Å². The first-order valence-electron chi connectivity index (χ1n) is 7.97. The molecule has 0 radical (unpaired) electrons. The third-order valence-electron chi connectivity index (χ3n) is 3.70. The molecule has 0 bridgehead atoms. The molecule has 8 heteroatoms. The van der Waals surface area contributed by atoms with Crippen LogP contribution in [0.5, 0.6) is 0 Å². The fraction of sp³-hybridized carbons (Fsp3) is 0.105. The topological polar surface area (TPSA) is 66.9 Å². The molecule has 1 heterocycles. The zero-order valence-electron chi connectivity index (χ0n) is 14.5. The molecule has 2 N–H and O–H groups in total. The molecule has 0 aliphatic carbocycles. The number of benzene rings is 2. The maximum atomic E-state index is 13.7. The first-order valence-corrected chi connectivity index (χ1v) is 8.35. The molecule has 3 aromatic rings. The normalized spacial score (nSPS) is 10.6. The molecule has 27 heavy (non-hydrogen) atoms. The van der Waals surface area contributed by atoms with Crippen LogP contribution in [0.3, 0.4) is 0 Å². The summed E-state index contributed by atoms with van der Waals surface area (Å²) in [5.41, 5.74) is 1.58. The van der Waals surface area contributed by atoms with E-state index in [1.807, 2.05) is 6.92 Å². The van der Waals surface area contributed by atoms with Crippen molar-refractivity contribution in [3.63, 3.8) is 0 Å². The van der Waals surface area contributed by atoms with Gasteiger partial charge in [-0.2, -0.15) is 0 Å². The van der Waals surface area contributed by atoms with Crippen molar-refractivity contribution in [2.75, 3.05) is 10.6 Å². The highest BCUT2D eigenvalue weighted by Gasteiger charge is 2.14. The van der Waals surface area contributed by atoms with E-state index in [0.29, 0.717) is 22.7 Å². The molecule has 0 fully saturated rings. The molecule has 0 aliphatic heterocycles. The van der Waals surface area contributed by atoms with E-state index in [1.165, 1.54) is 6.07 Å². The van der Waals surface area contributed by atoms with Gasteiger partial charge in [-0.25, -0.2) is 18.7 Å². The smallest absolute Gasteiger partial charge is 0.274 e. The lowest BCUT2D eigenvalue weighted by molar-refractivity contribution is 0.102. The lowest BCUT2D eigenvalue weighted by Gasteiger charge is -2.11. The number of nitrogens with one attached hydrogen (secondary N) is 2. The van der Waals surface area contributed by atoms with Gasteiger partial charge in [0.2, 0.25) is 0 Å². The summed E-state index contributed by atoms with van der Waals surface area (Å²) in [5, 5.41) is 6.09. The minimum absolute atomic E-state index is 0.0420. The predicted octanol–water partition coefficient (Wildman–Crippen LogP) is 5.02. The summed E-state index contributed by atoms with van der Waals surface area (Å²) in [7, 11) is 0. The number of aromatic nitrogens is 2. The Bertz CT molecular complexity index is 1030. The summed E-state index contributed by atoms with van der Waals surface area (Å²) in [6.07, 6.45) is 0. The molecule has 1 amide bonds. The number of carbonyl (C=O) groups excluding carboxylic acids is 1. The number of amides is 1. The fourth-order valence-electron chi connectivity index (χ4n) is 2.43. The largest absolute Gasteiger partial charge is 0.340 e. The van der Waals surface area contributed by atoms with Crippen molar-refractivity contribution in [3.8, 4) is 0 Å². The molecule has 138 valence electrons. The van der Waals surface area contributed by atoms with Gasteiger partial charge in [0.25, 0.3) is 5.91 Å². The number of rotatable bonds is 4. The van der Waals surface area contributed by atoms with Crippen molar-refractivity contribution in [2.24, 2.45) is 0 Å². The molecule has 1 aromatic heterocycles. The number of carbonyl (C=O) groups is 1. The molecule has 2 aromatic carbocycles. The number of halogens is 3. The standard InChI is InChI=1S/C19H15ClF2N4O/c1-10-7-12(20)3-5-15(10)25-18-9-17(23-11(2)24-18)19(27)26-16-6-4-13(21)8-14(16)22/h3-9H,1-2H3,(H,26,27)(H,23,24,25). The van der Waals surface area contributed by atoms with Crippen LogP contribution in [0.15, 0.2) is 42.5 Å². The quantitative estimate of drug-likeness (QED) is 0.658. The van der Waals surface area contributed by atoms with Gasteiger partial charge >= 0.3 is 0 Å². The Morgan fingerprint density at radius 3 is 2.44 bits per heavy atom. The highest BCUT2D eigenvalue weighted by atomic mass is 35.5. The monoisotopic (exact) mass is 388 g/mol. The van der Waals surface area contributed by atoms with E-state index in [0.717, 1.165) is 23.4 Å². The molecular formula is C19H15ClF2N4O. The van der Waals surface area contributed by atoms with Crippen LogP contribution < -0.4 is 10.6 Å². The second-order valence-corrected chi connectivity index (χ2v) is 6.28. The summed E-state index contributed by atoms with van der Waals surface area (Å²) in [4.78, 5) is 20.7. The van der Waals surface area contributed by atoms with E-state index in [2.05, 4.69) is 20.6 Å². The van der Waals surface area contributed by atoms with E-state index in [-0.39, 0.29) is 11.4 Å². The summed E-state index contributed by atoms with van der Waals surface area (Å²) >= 11 is 5.95. The van der Waals surface area contributed by atoms with Crippen LogP contribution in [0.1, 0.15) is 21.9 Å². The van der Waals surface area contributed by atoms with Crippen LogP contribution in [0.4, 0.5) is 26.0 Å². The van der Waals surface area contributed by atoms with E-state index >= 15 is 0 Å². The second kappa shape index (κ2) is 7.67. The van der Waals surface area contributed by atoms with Crippen molar-refractivity contribution in [1.29, 1.82) is 0 Å². The fourth-order valence-corrected chi connectivity index (χ4v) is 2.66. The third-order valence-corrected chi connectivity index (χ3v) is 3.94. The number of hydrogen-bond donors (Lipinski definition) is 2. The Morgan fingerprint density at radius 1 is 1.00 bits per heavy atom. The minimum atomic E-state index is -0.871. The number of anilines is 3. The van der Waals surface area contributed by atoms with Crippen LogP contribution in [0, 0.1) is 25.5 Å². The van der Waals surface area contributed by atoms with Gasteiger partial charge in [-0.15, -0.1) is 0 Å². The lowest BCUT2D eigenvalue weighted by atomic mass is 10.2. The van der Waals surface area contributed by atoms with Crippen LogP contribution in [0.2, 0.25) is 5.02 Å². The average molecular weight is 389 g/mol. The maximum absolute atomic E-state index is 13.7. The third kappa shape index (κ3) is 4.57. The molecule has 0 unspecified atom stereocenters. The molecule has 0 saturated carbocycles. The Morgan fingerprint density at radius 2 is 1.74 bits per heavy atom. The van der Waals surface area contributed by atoms with Crippen molar-refractivity contribution >= 4 is 34.7 Å². The zero-order chi connectivity index (χ0) is 19.6. The van der Waals surface area contributed by atoms with E-state index in [4.69, 9.17) is 11.6 Å². The van der Waals surface area contributed by atoms with E-state index < -0.39 is 17.5 Å². The van der Waals surface area contributed by atoms with E-state index in [9.17, 15) is 13.6 Å². The Labute approximate surface area is 159 Å². The van der Waals surface area contributed by atoms with Gasteiger partial charge in [0.1, 0.15) is 29.0 Å². The molecule has 5 nitrogen and oxygen atoms in total. The Hall–Kier alpha value is -3.06. The van der Waals surface area contributed by atoms with Crippen molar-refractivity contribution in [2.45, 2.75) is 13.8 Å². The van der Waals surface area contributed by atoms with Gasteiger partial charge in [-0.1, -0.05) is 11.6 Å². The SMILES string of the molecule is Cc1nc(Nc2ccc(Cl)cc2C)cc(C(=O)Nc2ccc(F)cc2F)n1. The molecule has 0 aliphatic rings. The first-order chi connectivity index (χ1) is 12.8. The van der Waals surface area contributed by atoms with Crippen molar-refractivity contribution in [3.05, 3.63) is 76.2 Å². The number of nitrogens with zero attached hydrogens (tertiary/aromatic N) is 2. The van der Waals surface area contributed by atoms with Crippen molar-refractivity contribution < 1.29 is 13.6 Å². The summed E-state index contributed by atoms with van der Waals surface area (Å²) in [6.45, 7) is 3.52. The molecule has 0 atom stereocenters. The van der Waals surface area contributed by atoms with Gasteiger partial charge in [-0.05, 0) is 49.7 Å². The van der Waals surface area contributed by atoms with Crippen LogP contribution >= 0.6 is 11.6 Å². The van der Waals surface area contributed by atoms with Crippen LogP contribution in [-0.2, 0) is 0 Å². The van der Waals surface area contributed by atoms with Gasteiger partial charge < -0.3 is 10.6 Å². The lowest BCUT2D eigenvalue weighted by Crippen LogP contribution is -2.16. The summed E-state index contributed by atoms with van der Waals surface area (Å²) in [6, 6.07) is 9.66. The van der Waals surface area contributed by atoms with Gasteiger partial charge in [0, 0.05) is 22.8 Å². The summed E-state index contributed by atoms with van der Waals surface area (Å²) < 4.78 is 26.7. The van der Waals surface area contributed by atoms with Crippen LogP contribution in [0.25, 0.3) is 0 Å². The minimum Gasteiger partial charge on any atom is -0.340 e. The van der Waals surface area contributed by atoms with E-state index in [1.54, 1.807) is 25.1 Å². The second-order valence-electron chi connectivity index (χ2n) is 5.85. The molecule has 0 spiro atoms. The number of hydrogen-bond acceptors (Lipinski definition) is 4. The van der Waals surface area contributed by atoms with Crippen LogP contribution in [-0.4, -0.2) is 15.9 Å². The Balaban J connectivity index is 1.85. The predicted molar refractivity (Wildman–Crippen MR) is 101 cm³/mol. The van der Waals surface area contributed by atoms with Crippen molar-refractivity contribution in [1.82, 2.24) is 9.97 Å².